The first kappa shape index (κ1) is 16.1. The molecule has 2 aromatic rings. The summed E-state index contributed by atoms with van der Waals surface area (Å²) in [6.45, 7) is 0.838. The van der Waals surface area contributed by atoms with E-state index in [1.54, 1.807) is 0 Å². The summed E-state index contributed by atoms with van der Waals surface area (Å²) in [5, 5.41) is 9.03. The highest BCUT2D eigenvalue weighted by molar-refractivity contribution is 6.33. The van der Waals surface area contributed by atoms with Gasteiger partial charge in [0.1, 0.15) is 6.17 Å². The van der Waals surface area contributed by atoms with Gasteiger partial charge in [-0.15, -0.1) is 0 Å². The molecule has 0 spiro atoms. The lowest BCUT2D eigenvalue weighted by molar-refractivity contribution is -0.129. The number of hydrogen-bond donors (Lipinski definition) is 2. The molecule has 0 radical (unpaired) electrons. The number of carboxylic acid groups (broad SMARTS) is 1. The number of benzene rings is 2. The van der Waals surface area contributed by atoms with Crippen LogP contribution >= 0.6 is 0 Å². The van der Waals surface area contributed by atoms with Gasteiger partial charge in [0.2, 0.25) is 5.84 Å². The molecule has 124 valence electrons. The van der Waals surface area contributed by atoms with E-state index < -0.39 is 5.97 Å². The van der Waals surface area contributed by atoms with Gasteiger partial charge in [0, 0.05) is 17.8 Å². The molecule has 0 saturated carbocycles. The van der Waals surface area contributed by atoms with E-state index in [-0.39, 0.29) is 12.0 Å². The van der Waals surface area contributed by atoms with E-state index in [1.165, 1.54) is 0 Å². The summed E-state index contributed by atoms with van der Waals surface area (Å²) in [6.07, 6.45) is 2.64. The molecule has 1 aliphatic rings. The van der Waals surface area contributed by atoms with Crippen molar-refractivity contribution in [3.63, 3.8) is 0 Å². The zero-order valence-corrected chi connectivity index (χ0v) is 13.4. The molecule has 3 rings (SSSR count). The van der Waals surface area contributed by atoms with Crippen molar-refractivity contribution in [2.75, 3.05) is 11.4 Å². The predicted octanol–water partition coefficient (Wildman–Crippen LogP) is 3.11. The topological polar surface area (TPSA) is 78.9 Å². The molecule has 5 nitrogen and oxygen atoms in total. The van der Waals surface area contributed by atoms with Crippen LogP contribution in [0.3, 0.4) is 0 Å². The molecule has 3 N–H and O–H groups in total. The number of aliphatic imine (C=N–C) groups is 1. The molecule has 2 aromatic carbocycles. The monoisotopic (exact) mass is 323 g/mol. The summed E-state index contributed by atoms with van der Waals surface area (Å²) < 4.78 is 0. The second-order valence-corrected chi connectivity index (χ2v) is 5.87. The van der Waals surface area contributed by atoms with Crippen LogP contribution in [0.15, 0.2) is 59.6 Å². The van der Waals surface area contributed by atoms with Crippen LogP contribution in [0.25, 0.3) is 11.1 Å². The summed E-state index contributed by atoms with van der Waals surface area (Å²) >= 11 is 0. The zero-order valence-electron chi connectivity index (χ0n) is 13.4. The third-order valence-corrected chi connectivity index (χ3v) is 4.28. The first-order valence-electron chi connectivity index (χ1n) is 8.14. The summed E-state index contributed by atoms with van der Waals surface area (Å²) in [6, 6.07) is 18.3. The number of nitrogens with zero attached hydrogens (tertiary/aromatic N) is 2. The van der Waals surface area contributed by atoms with Gasteiger partial charge in [-0.05, 0) is 30.9 Å². The van der Waals surface area contributed by atoms with Crippen LogP contribution in [0.4, 0.5) is 5.69 Å². The molecule has 1 fully saturated rings. The number of rotatable bonds is 3. The fourth-order valence-electron chi connectivity index (χ4n) is 3.13. The van der Waals surface area contributed by atoms with Crippen LogP contribution in [-0.4, -0.2) is 29.6 Å². The first-order chi connectivity index (χ1) is 11.7. The molecule has 0 amide bonds. The largest absolute Gasteiger partial charge is 0.475 e. The SMILES string of the molecule is N/C(=N\C1CCCCN1c1ccccc1-c1ccccc1)C(=O)O. The fourth-order valence-corrected chi connectivity index (χ4v) is 3.13. The van der Waals surface area contributed by atoms with Gasteiger partial charge in [-0.25, -0.2) is 9.79 Å². The standard InChI is InChI=1S/C19H21N3O2/c20-18(19(23)24)21-17-12-6-7-13-22(17)16-11-5-4-10-15(16)14-8-2-1-3-9-14/h1-5,8-11,17H,6-7,12-13H2,(H2,20,21)(H,23,24). The minimum atomic E-state index is -1.17. The number of aliphatic carboxylic acids is 1. The molecule has 1 atom stereocenters. The Bertz CT molecular complexity index is 743. The Labute approximate surface area is 141 Å². The Balaban J connectivity index is 2.00. The van der Waals surface area contributed by atoms with Crippen molar-refractivity contribution in [2.45, 2.75) is 25.4 Å². The Morgan fingerprint density at radius 1 is 1.08 bits per heavy atom. The van der Waals surface area contributed by atoms with Crippen LogP contribution in [0, 0.1) is 0 Å². The van der Waals surface area contributed by atoms with Gasteiger partial charge < -0.3 is 15.7 Å². The molecule has 5 heteroatoms. The van der Waals surface area contributed by atoms with Crippen LogP contribution < -0.4 is 10.6 Å². The molecule has 1 unspecified atom stereocenters. The highest BCUT2D eigenvalue weighted by Crippen LogP contribution is 2.34. The van der Waals surface area contributed by atoms with E-state index in [2.05, 4.69) is 34.2 Å². The van der Waals surface area contributed by atoms with Gasteiger partial charge in [-0.2, -0.15) is 0 Å². The number of piperidine rings is 1. The quantitative estimate of drug-likeness (QED) is 0.672. The molecule has 1 heterocycles. The minimum absolute atomic E-state index is 0.236. The van der Waals surface area contributed by atoms with E-state index in [1.807, 2.05) is 30.3 Å². The normalized spacial score (nSPS) is 18.4. The summed E-state index contributed by atoms with van der Waals surface area (Å²) in [5.41, 5.74) is 8.88. The molecular weight excluding hydrogens is 302 g/mol. The maximum atomic E-state index is 11.0. The first-order valence-corrected chi connectivity index (χ1v) is 8.14. The molecule has 1 aliphatic heterocycles. The molecule has 0 bridgehead atoms. The maximum absolute atomic E-state index is 11.0. The lowest BCUT2D eigenvalue weighted by Crippen LogP contribution is -2.41. The van der Waals surface area contributed by atoms with Gasteiger partial charge in [0.15, 0.2) is 0 Å². The van der Waals surface area contributed by atoms with E-state index in [4.69, 9.17) is 10.8 Å². The van der Waals surface area contributed by atoms with Crippen molar-refractivity contribution in [3.8, 4) is 11.1 Å². The highest BCUT2D eigenvalue weighted by atomic mass is 16.4. The third kappa shape index (κ3) is 3.40. The molecule has 24 heavy (non-hydrogen) atoms. The third-order valence-electron chi connectivity index (χ3n) is 4.28. The molecule has 0 aliphatic carbocycles. The van der Waals surface area contributed by atoms with Crippen molar-refractivity contribution in [1.82, 2.24) is 0 Å². The van der Waals surface area contributed by atoms with Crippen LogP contribution in [0.1, 0.15) is 19.3 Å². The average Bonchev–Trinajstić information content (AvgIpc) is 2.63. The lowest BCUT2D eigenvalue weighted by atomic mass is 10.00. The Morgan fingerprint density at radius 3 is 2.54 bits per heavy atom. The van der Waals surface area contributed by atoms with Gasteiger partial charge >= 0.3 is 5.97 Å². The van der Waals surface area contributed by atoms with Gasteiger partial charge in [-0.3, -0.25) is 0 Å². The number of carboxylic acids is 1. The van der Waals surface area contributed by atoms with E-state index >= 15 is 0 Å². The zero-order chi connectivity index (χ0) is 16.9. The molecule has 0 aromatic heterocycles. The number of nitrogens with two attached hydrogens (primary N) is 1. The van der Waals surface area contributed by atoms with Crippen molar-refractivity contribution >= 4 is 17.5 Å². The Morgan fingerprint density at radius 2 is 1.79 bits per heavy atom. The van der Waals surface area contributed by atoms with Gasteiger partial charge in [-0.1, -0.05) is 48.5 Å². The second-order valence-electron chi connectivity index (χ2n) is 5.87. The van der Waals surface area contributed by atoms with E-state index in [9.17, 15) is 4.79 Å². The summed E-state index contributed by atoms with van der Waals surface area (Å²) in [7, 11) is 0. The minimum Gasteiger partial charge on any atom is -0.475 e. The van der Waals surface area contributed by atoms with Crippen molar-refractivity contribution < 1.29 is 9.90 Å². The Hall–Kier alpha value is -2.82. The van der Waals surface area contributed by atoms with Crippen LogP contribution in [0.5, 0.6) is 0 Å². The van der Waals surface area contributed by atoms with Crippen molar-refractivity contribution in [1.29, 1.82) is 0 Å². The van der Waals surface area contributed by atoms with Gasteiger partial charge in [0.05, 0.1) is 0 Å². The van der Waals surface area contributed by atoms with Gasteiger partial charge in [0.25, 0.3) is 0 Å². The van der Waals surface area contributed by atoms with E-state index in [0.29, 0.717) is 0 Å². The Kier molecular flexibility index (Phi) is 4.79. The average molecular weight is 323 g/mol. The fraction of sp³-hybridized carbons (Fsp3) is 0.263. The van der Waals surface area contributed by atoms with Crippen LogP contribution in [-0.2, 0) is 4.79 Å². The second kappa shape index (κ2) is 7.17. The number of anilines is 1. The summed E-state index contributed by atoms with van der Waals surface area (Å²) in [4.78, 5) is 17.4. The number of hydrogen-bond acceptors (Lipinski definition) is 3. The smallest absolute Gasteiger partial charge is 0.371 e. The highest BCUT2D eigenvalue weighted by Gasteiger charge is 2.25. The number of amidine groups is 1. The van der Waals surface area contributed by atoms with Crippen LogP contribution in [0.2, 0.25) is 0 Å². The number of carbonyl (C=O) groups is 1. The predicted molar refractivity (Wildman–Crippen MR) is 96.1 cm³/mol. The molecular formula is C19H21N3O2. The molecule has 1 saturated heterocycles. The maximum Gasteiger partial charge on any atom is 0.371 e. The van der Waals surface area contributed by atoms with Crippen molar-refractivity contribution in [3.05, 3.63) is 54.6 Å². The summed E-state index contributed by atoms with van der Waals surface area (Å²) in [5.74, 6) is -1.50. The lowest BCUT2D eigenvalue weighted by Gasteiger charge is -2.36. The van der Waals surface area contributed by atoms with E-state index in [0.717, 1.165) is 42.6 Å². The number of para-hydroxylation sites is 1. The van der Waals surface area contributed by atoms with Crippen molar-refractivity contribution in [2.24, 2.45) is 10.7 Å².